The highest BCUT2D eigenvalue weighted by molar-refractivity contribution is 5.72. The Morgan fingerprint density at radius 3 is 2.70 bits per heavy atom. The smallest absolute Gasteiger partial charge is 0.353 e. The predicted molar refractivity (Wildman–Crippen MR) is 85.9 cm³/mol. The van der Waals surface area contributed by atoms with E-state index in [0.29, 0.717) is 25.4 Å². The number of anilines is 3. The summed E-state index contributed by atoms with van der Waals surface area (Å²) in [5.74, 6) is 0.731. The van der Waals surface area contributed by atoms with E-state index in [9.17, 15) is 10.1 Å². The third-order valence-electron chi connectivity index (χ3n) is 2.98. The third-order valence-corrected chi connectivity index (χ3v) is 2.98. The van der Waals surface area contributed by atoms with E-state index >= 15 is 0 Å². The molecule has 0 bridgehead atoms. The molecule has 0 atom stereocenters. The standard InChI is InChI=1S/C14H18N6O3/c1-10-4-5-11(16-8-10)19-14-12(20(21)22)13(17-9-18-14)15-6-3-7-23-2/h4-5,8-9H,3,6-7H2,1-2H3,(H2,15,16,17,18,19). The van der Waals surface area contributed by atoms with Crippen LogP contribution in [0.2, 0.25) is 0 Å². The topological polar surface area (TPSA) is 115 Å². The molecule has 0 radical (unpaired) electrons. The van der Waals surface area contributed by atoms with Crippen molar-refractivity contribution in [2.75, 3.05) is 30.9 Å². The van der Waals surface area contributed by atoms with Crippen LogP contribution in [0.1, 0.15) is 12.0 Å². The van der Waals surface area contributed by atoms with Crippen molar-refractivity contribution in [3.8, 4) is 0 Å². The second-order valence-corrected chi connectivity index (χ2v) is 4.80. The number of methoxy groups -OCH3 is 1. The minimum absolute atomic E-state index is 0.0931. The van der Waals surface area contributed by atoms with Crippen LogP contribution >= 0.6 is 0 Å². The van der Waals surface area contributed by atoms with Gasteiger partial charge in [0.2, 0.25) is 11.6 Å². The Bertz CT molecular complexity index is 662. The monoisotopic (exact) mass is 318 g/mol. The lowest BCUT2D eigenvalue weighted by Gasteiger charge is -2.09. The van der Waals surface area contributed by atoms with Gasteiger partial charge < -0.3 is 15.4 Å². The van der Waals surface area contributed by atoms with Crippen LogP contribution in [0, 0.1) is 17.0 Å². The molecular formula is C14H18N6O3. The van der Waals surface area contributed by atoms with Crippen LogP contribution in [0.3, 0.4) is 0 Å². The maximum atomic E-state index is 11.4. The molecule has 0 aliphatic carbocycles. The summed E-state index contributed by atoms with van der Waals surface area (Å²) in [6.07, 6.45) is 3.64. The summed E-state index contributed by atoms with van der Waals surface area (Å²) in [7, 11) is 1.60. The second kappa shape index (κ2) is 7.99. The maximum Gasteiger partial charge on any atom is 0.353 e. The van der Waals surface area contributed by atoms with Gasteiger partial charge in [0.05, 0.1) is 4.92 Å². The molecule has 0 aromatic carbocycles. The Kier molecular flexibility index (Phi) is 5.75. The predicted octanol–water partition coefficient (Wildman–Crippen LogP) is 2.28. The van der Waals surface area contributed by atoms with E-state index in [0.717, 1.165) is 5.56 Å². The van der Waals surface area contributed by atoms with E-state index in [-0.39, 0.29) is 17.3 Å². The van der Waals surface area contributed by atoms with Crippen molar-refractivity contribution in [1.82, 2.24) is 15.0 Å². The summed E-state index contributed by atoms with van der Waals surface area (Å²) in [6.45, 7) is 2.98. The van der Waals surface area contributed by atoms with Gasteiger partial charge in [0.1, 0.15) is 12.1 Å². The molecule has 9 heteroatoms. The van der Waals surface area contributed by atoms with Crippen LogP contribution in [0.15, 0.2) is 24.7 Å². The Morgan fingerprint density at radius 1 is 1.26 bits per heavy atom. The fourth-order valence-corrected chi connectivity index (χ4v) is 1.86. The molecule has 9 nitrogen and oxygen atoms in total. The van der Waals surface area contributed by atoms with Gasteiger partial charge in [0.15, 0.2) is 0 Å². The van der Waals surface area contributed by atoms with Gasteiger partial charge >= 0.3 is 5.69 Å². The van der Waals surface area contributed by atoms with Crippen LogP contribution in [0.5, 0.6) is 0 Å². The number of aromatic nitrogens is 3. The molecule has 2 heterocycles. The zero-order valence-corrected chi connectivity index (χ0v) is 12.9. The van der Waals surface area contributed by atoms with Gasteiger partial charge in [0.25, 0.3) is 0 Å². The summed E-state index contributed by atoms with van der Waals surface area (Å²) in [4.78, 5) is 22.9. The van der Waals surface area contributed by atoms with E-state index < -0.39 is 4.92 Å². The van der Waals surface area contributed by atoms with Crippen LogP contribution in [0.4, 0.5) is 23.1 Å². The average molecular weight is 318 g/mol. The summed E-state index contributed by atoms with van der Waals surface area (Å²) in [5, 5.41) is 17.2. The number of nitrogens with one attached hydrogen (secondary N) is 2. The zero-order chi connectivity index (χ0) is 16.7. The Balaban J connectivity index is 2.21. The van der Waals surface area contributed by atoms with Crippen LogP contribution in [0.25, 0.3) is 0 Å². The number of hydrogen-bond acceptors (Lipinski definition) is 8. The molecule has 23 heavy (non-hydrogen) atoms. The highest BCUT2D eigenvalue weighted by atomic mass is 16.6. The molecule has 2 aromatic heterocycles. The minimum Gasteiger partial charge on any atom is -0.385 e. The first-order valence-corrected chi connectivity index (χ1v) is 7.03. The Labute approximate surface area is 133 Å². The maximum absolute atomic E-state index is 11.4. The van der Waals surface area contributed by atoms with Crippen molar-refractivity contribution in [1.29, 1.82) is 0 Å². The fourth-order valence-electron chi connectivity index (χ4n) is 1.86. The number of pyridine rings is 1. The Morgan fingerprint density at radius 2 is 2.04 bits per heavy atom. The van der Waals surface area contributed by atoms with Gasteiger partial charge in [0, 0.05) is 26.5 Å². The van der Waals surface area contributed by atoms with Crippen molar-refractivity contribution in [2.45, 2.75) is 13.3 Å². The van der Waals surface area contributed by atoms with Crippen molar-refractivity contribution >= 4 is 23.1 Å². The van der Waals surface area contributed by atoms with Crippen LogP contribution < -0.4 is 10.6 Å². The largest absolute Gasteiger partial charge is 0.385 e. The van der Waals surface area contributed by atoms with Gasteiger partial charge in [-0.3, -0.25) is 10.1 Å². The second-order valence-electron chi connectivity index (χ2n) is 4.80. The minimum atomic E-state index is -0.519. The number of nitrogens with zero attached hydrogens (tertiary/aromatic N) is 4. The van der Waals surface area contributed by atoms with Crippen molar-refractivity contribution < 1.29 is 9.66 Å². The summed E-state index contributed by atoms with van der Waals surface area (Å²) in [5.41, 5.74) is 0.778. The van der Waals surface area contributed by atoms with Gasteiger partial charge in [-0.2, -0.15) is 0 Å². The normalized spacial score (nSPS) is 10.3. The lowest BCUT2D eigenvalue weighted by atomic mass is 10.3. The molecule has 2 N–H and O–H groups in total. The van der Waals surface area contributed by atoms with E-state index in [1.165, 1.54) is 6.33 Å². The first-order valence-electron chi connectivity index (χ1n) is 7.03. The van der Waals surface area contributed by atoms with Gasteiger partial charge in [-0.1, -0.05) is 6.07 Å². The molecule has 0 saturated carbocycles. The molecule has 122 valence electrons. The van der Waals surface area contributed by atoms with E-state index in [2.05, 4.69) is 25.6 Å². The first-order chi connectivity index (χ1) is 11.1. The number of aryl methyl sites for hydroxylation is 1. The molecule has 0 spiro atoms. The van der Waals surface area contributed by atoms with Crippen molar-refractivity contribution in [3.05, 3.63) is 40.3 Å². The fraction of sp³-hybridized carbons (Fsp3) is 0.357. The quantitative estimate of drug-likeness (QED) is 0.433. The average Bonchev–Trinajstić information content (AvgIpc) is 2.53. The van der Waals surface area contributed by atoms with Crippen LogP contribution in [-0.4, -0.2) is 40.1 Å². The molecule has 0 aliphatic rings. The number of rotatable bonds is 8. The Hall–Kier alpha value is -2.81. The first kappa shape index (κ1) is 16.6. The lowest BCUT2D eigenvalue weighted by molar-refractivity contribution is -0.383. The number of nitro groups is 1. The highest BCUT2D eigenvalue weighted by Gasteiger charge is 2.23. The molecule has 0 fully saturated rings. The molecule has 0 aliphatic heterocycles. The van der Waals surface area contributed by atoms with Crippen LogP contribution in [-0.2, 0) is 4.74 Å². The van der Waals surface area contributed by atoms with E-state index in [1.54, 1.807) is 19.4 Å². The molecular weight excluding hydrogens is 300 g/mol. The highest BCUT2D eigenvalue weighted by Crippen LogP contribution is 2.30. The molecule has 0 unspecified atom stereocenters. The van der Waals surface area contributed by atoms with Gasteiger partial charge in [-0.05, 0) is 25.0 Å². The molecule has 2 aromatic rings. The lowest BCUT2D eigenvalue weighted by Crippen LogP contribution is -2.10. The van der Waals surface area contributed by atoms with Gasteiger partial charge in [-0.25, -0.2) is 15.0 Å². The number of hydrogen-bond donors (Lipinski definition) is 2. The van der Waals surface area contributed by atoms with Gasteiger partial charge in [-0.15, -0.1) is 0 Å². The molecule has 0 amide bonds. The zero-order valence-electron chi connectivity index (χ0n) is 12.9. The summed E-state index contributed by atoms with van der Waals surface area (Å²) >= 11 is 0. The number of ether oxygens (including phenoxy) is 1. The summed E-state index contributed by atoms with van der Waals surface area (Å²) in [6, 6.07) is 3.58. The molecule has 0 saturated heterocycles. The summed E-state index contributed by atoms with van der Waals surface area (Å²) < 4.78 is 4.94. The van der Waals surface area contributed by atoms with Crippen molar-refractivity contribution in [2.24, 2.45) is 0 Å². The molecule has 2 rings (SSSR count). The van der Waals surface area contributed by atoms with Crippen molar-refractivity contribution in [3.63, 3.8) is 0 Å². The SMILES string of the molecule is COCCCNc1ncnc(Nc2ccc(C)cn2)c1[N+](=O)[O-]. The third kappa shape index (κ3) is 4.58. The van der Waals surface area contributed by atoms with E-state index in [4.69, 9.17) is 4.74 Å². The van der Waals surface area contributed by atoms with E-state index in [1.807, 2.05) is 13.0 Å².